The minimum absolute atomic E-state index is 0.0902. The number of β-amino-alcohol motifs (C(OH)–C–C–N with tert-alkyl or cyclic N) is 1. The number of hydrogen-bond acceptors (Lipinski definition) is 4. The van der Waals surface area contributed by atoms with Crippen LogP contribution in [-0.2, 0) is 4.74 Å². The summed E-state index contributed by atoms with van der Waals surface area (Å²) in [5, 5.41) is 19.3. The van der Waals surface area contributed by atoms with Gasteiger partial charge in [-0.15, -0.1) is 0 Å². The van der Waals surface area contributed by atoms with Crippen LogP contribution in [0.5, 0.6) is 0 Å². The standard InChI is InChI=1S/C10H19NO3/c1-7-2-8(12)4-11(3-7)9-5-14-6-10(9)13/h7-10,12-13H,2-6H2,1H3. The first-order chi connectivity index (χ1) is 6.66. The Morgan fingerprint density at radius 2 is 2.00 bits per heavy atom. The summed E-state index contributed by atoms with van der Waals surface area (Å²) in [6.07, 6.45) is 0.249. The van der Waals surface area contributed by atoms with Crippen molar-refractivity contribution in [1.82, 2.24) is 4.90 Å². The van der Waals surface area contributed by atoms with E-state index in [1.54, 1.807) is 0 Å². The van der Waals surface area contributed by atoms with Gasteiger partial charge >= 0.3 is 0 Å². The summed E-state index contributed by atoms with van der Waals surface area (Å²) in [6, 6.07) is 0.0902. The van der Waals surface area contributed by atoms with E-state index >= 15 is 0 Å². The monoisotopic (exact) mass is 201 g/mol. The summed E-state index contributed by atoms with van der Waals surface area (Å²) in [6.45, 7) is 4.81. The lowest BCUT2D eigenvalue weighted by Crippen LogP contribution is -2.51. The molecule has 2 N–H and O–H groups in total. The smallest absolute Gasteiger partial charge is 0.0950 e. The molecule has 0 radical (unpaired) electrons. The second-order valence-corrected chi connectivity index (χ2v) is 4.62. The van der Waals surface area contributed by atoms with Crippen LogP contribution in [0.1, 0.15) is 13.3 Å². The van der Waals surface area contributed by atoms with Crippen LogP contribution in [0.4, 0.5) is 0 Å². The molecule has 2 heterocycles. The lowest BCUT2D eigenvalue weighted by Gasteiger charge is -2.38. The highest BCUT2D eigenvalue weighted by Gasteiger charge is 2.35. The lowest BCUT2D eigenvalue weighted by atomic mass is 9.96. The van der Waals surface area contributed by atoms with Crippen LogP contribution in [0.2, 0.25) is 0 Å². The maximum absolute atomic E-state index is 9.67. The van der Waals surface area contributed by atoms with Crippen LogP contribution < -0.4 is 0 Å². The van der Waals surface area contributed by atoms with Gasteiger partial charge in [0, 0.05) is 13.1 Å². The molecular formula is C10H19NO3. The third kappa shape index (κ3) is 2.08. The van der Waals surface area contributed by atoms with Gasteiger partial charge in [-0.3, -0.25) is 4.90 Å². The number of likely N-dealkylation sites (tertiary alicyclic amines) is 1. The van der Waals surface area contributed by atoms with E-state index in [1.807, 2.05) is 0 Å². The fraction of sp³-hybridized carbons (Fsp3) is 1.00. The Balaban J connectivity index is 1.95. The van der Waals surface area contributed by atoms with E-state index in [2.05, 4.69) is 11.8 Å². The Hall–Kier alpha value is -0.160. The summed E-state index contributed by atoms with van der Waals surface area (Å²) in [5.41, 5.74) is 0. The molecule has 2 fully saturated rings. The van der Waals surface area contributed by atoms with Crippen LogP contribution in [0, 0.1) is 5.92 Å². The average Bonchev–Trinajstić information content (AvgIpc) is 2.49. The molecule has 0 spiro atoms. The van der Waals surface area contributed by atoms with Gasteiger partial charge in [0.15, 0.2) is 0 Å². The second-order valence-electron chi connectivity index (χ2n) is 4.62. The van der Waals surface area contributed by atoms with Gasteiger partial charge in [-0.05, 0) is 12.3 Å². The molecule has 4 unspecified atom stereocenters. The number of piperidine rings is 1. The van der Waals surface area contributed by atoms with Crippen molar-refractivity contribution in [3.63, 3.8) is 0 Å². The van der Waals surface area contributed by atoms with Gasteiger partial charge < -0.3 is 14.9 Å². The van der Waals surface area contributed by atoms with E-state index in [4.69, 9.17) is 4.74 Å². The van der Waals surface area contributed by atoms with E-state index < -0.39 is 0 Å². The van der Waals surface area contributed by atoms with Gasteiger partial charge in [0.25, 0.3) is 0 Å². The molecule has 4 nitrogen and oxygen atoms in total. The number of ether oxygens (including phenoxy) is 1. The van der Waals surface area contributed by atoms with Crippen molar-refractivity contribution in [3.05, 3.63) is 0 Å². The summed E-state index contributed by atoms with van der Waals surface area (Å²) in [4.78, 5) is 2.16. The van der Waals surface area contributed by atoms with Crippen LogP contribution in [0.15, 0.2) is 0 Å². The third-order valence-electron chi connectivity index (χ3n) is 3.16. The molecule has 4 heteroatoms. The van der Waals surface area contributed by atoms with E-state index in [1.165, 1.54) is 0 Å². The Labute approximate surface area is 84.5 Å². The maximum atomic E-state index is 9.67. The minimum atomic E-state index is -0.382. The second kappa shape index (κ2) is 4.14. The maximum Gasteiger partial charge on any atom is 0.0950 e. The summed E-state index contributed by atoms with van der Waals surface area (Å²) in [7, 11) is 0. The zero-order chi connectivity index (χ0) is 10.1. The zero-order valence-electron chi connectivity index (χ0n) is 8.59. The Morgan fingerprint density at radius 3 is 2.57 bits per heavy atom. The Kier molecular flexibility index (Phi) is 3.07. The van der Waals surface area contributed by atoms with E-state index in [9.17, 15) is 10.2 Å². The largest absolute Gasteiger partial charge is 0.392 e. The Bertz CT molecular complexity index is 190. The van der Waals surface area contributed by atoms with Crippen molar-refractivity contribution in [1.29, 1.82) is 0 Å². The van der Waals surface area contributed by atoms with Crippen molar-refractivity contribution < 1.29 is 14.9 Å². The number of hydrogen-bond donors (Lipinski definition) is 2. The van der Waals surface area contributed by atoms with Gasteiger partial charge in [-0.2, -0.15) is 0 Å². The molecule has 0 aromatic rings. The topological polar surface area (TPSA) is 52.9 Å². The number of nitrogens with zero attached hydrogens (tertiary/aromatic N) is 1. The van der Waals surface area contributed by atoms with Crippen molar-refractivity contribution in [2.75, 3.05) is 26.3 Å². The fourth-order valence-electron chi connectivity index (χ4n) is 2.51. The van der Waals surface area contributed by atoms with E-state index in [0.717, 1.165) is 13.0 Å². The van der Waals surface area contributed by atoms with E-state index in [-0.39, 0.29) is 18.2 Å². The third-order valence-corrected chi connectivity index (χ3v) is 3.16. The van der Waals surface area contributed by atoms with Crippen molar-refractivity contribution >= 4 is 0 Å². The van der Waals surface area contributed by atoms with Gasteiger partial charge in [-0.25, -0.2) is 0 Å². The lowest BCUT2D eigenvalue weighted by molar-refractivity contribution is -0.00355. The predicted octanol–water partition coefficient (Wildman–Crippen LogP) is -0.551. The summed E-state index contributed by atoms with van der Waals surface area (Å²) in [5.74, 6) is 0.506. The van der Waals surface area contributed by atoms with Crippen LogP contribution in [0.25, 0.3) is 0 Å². The molecular weight excluding hydrogens is 182 g/mol. The fourth-order valence-corrected chi connectivity index (χ4v) is 2.51. The van der Waals surface area contributed by atoms with E-state index in [0.29, 0.717) is 25.7 Å². The number of rotatable bonds is 1. The molecule has 2 aliphatic heterocycles. The van der Waals surface area contributed by atoms with Gasteiger partial charge in [-0.1, -0.05) is 6.92 Å². The molecule has 2 rings (SSSR count). The first-order valence-corrected chi connectivity index (χ1v) is 5.34. The molecule has 2 saturated heterocycles. The minimum Gasteiger partial charge on any atom is -0.392 e. The summed E-state index contributed by atoms with van der Waals surface area (Å²) >= 11 is 0. The highest BCUT2D eigenvalue weighted by atomic mass is 16.5. The molecule has 0 bridgehead atoms. The van der Waals surface area contributed by atoms with Gasteiger partial charge in [0.2, 0.25) is 0 Å². The Morgan fingerprint density at radius 1 is 1.21 bits per heavy atom. The molecule has 0 aromatic carbocycles. The zero-order valence-corrected chi connectivity index (χ0v) is 8.59. The molecule has 0 aromatic heterocycles. The molecule has 14 heavy (non-hydrogen) atoms. The normalized spacial score (nSPS) is 45.6. The molecule has 0 aliphatic carbocycles. The van der Waals surface area contributed by atoms with Crippen LogP contribution in [0.3, 0.4) is 0 Å². The molecule has 0 amide bonds. The molecule has 2 aliphatic rings. The molecule has 82 valence electrons. The average molecular weight is 201 g/mol. The van der Waals surface area contributed by atoms with Crippen LogP contribution in [-0.4, -0.2) is 59.7 Å². The summed E-state index contributed by atoms with van der Waals surface area (Å²) < 4.78 is 5.22. The number of aliphatic hydroxyl groups excluding tert-OH is 2. The first kappa shape index (κ1) is 10.4. The van der Waals surface area contributed by atoms with Crippen molar-refractivity contribution in [2.45, 2.75) is 31.6 Å². The highest BCUT2D eigenvalue weighted by molar-refractivity contribution is 4.88. The SMILES string of the molecule is CC1CC(O)CN(C2COCC2O)C1. The van der Waals surface area contributed by atoms with Gasteiger partial charge in [0.1, 0.15) is 0 Å². The number of aliphatic hydroxyl groups is 2. The quantitative estimate of drug-likeness (QED) is 0.597. The van der Waals surface area contributed by atoms with Crippen LogP contribution >= 0.6 is 0 Å². The van der Waals surface area contributed by atoms with Crippen molar-refractivity contribution in [3.8, 4) is 0 Å². The van der Waals surface area contributed by atoms with Crippen molar-refractivity contribution in [2.24, 2.45) is 5.92 Å². The van der Waals surface area contributed by atoms with Gasteiger partial charge in [0.05, 0.1) is 31.5 Å². The molecule has 4 atom stereocenters. The predicted molar refractivity (Wildman–Crippen MR) is 52.0 cm³/mol. The molecule has 0 saturated carbocycles. The first-order valence-electron chi connectivity index (χ1n) is 5.34. The highest BCUT2D eigenvalue weighted by Crippen LogP contribution is 2.22.